The molecule has 0 aliphatic heterocycles. The van der Waals surface area contributed by atoms with Gasteiger partial charge in [0.2, 0.25) is 0 Å². The summed E-state index contributed by atoms with van der Waals surface area (Å²) in [5.41, 5.74) is 6.78. The molecular weight excluding hydrogens is 294 g/mol. The molecule has 1 atom stereocenters. The lowest BCUT2D eigenvalue weighted by molar-refractivity contribution is 0.226. The lowest BCUT2D eigenvalue weighted by atomic mass is 9.96. The lowest BCUT2D eigenvalue weighted by Gasteiger charge is -2.22. The predicted molar refractivity (Wildman–Crippen MR) is 78.5 cm³/mol. The van der Waals surface area contributed by atoms with E-state index in [4.69, 9.17) is 15.2 Å². The van der Waals surface area contributed by atoms with Crippen LogP contribution in [0.15, 0.2) is 16.6 Å². The summed E-state index contributed by atoms with van der Waals surface area (Å²) in [5, 5.41) is 0. The molecule has 0 aromatic heterocycles. The maximum Gasteiger partial charge on any atom is 0.166 e. The molecule has 1 aromatic rings. The van der Waals surface area contributed by atoms with Gasteiger partial charge in [0.1, 0.15) is 0 Å². The fourth-order valence-corrected chi connectivity index (χ4v) is 2.63. The first kappa shape index (κ1) is 15.3. The molecule has 0 saturated carbocycles. The van der Waals surface area contributed by atoms with E-state index >= 15 is 0 Å². The molecule has 0 aliphatic carbocycles. The van der Waals surface area contributed by atoms with Crippen LogP contribution in [0.25, 0.3) is 0 Å². The molecule has 1 rings (SSSR count). The van der Waals surface area contributed by atoms with E-state index < -0.39 is 0 Å². The zero-order valence-electron chi connectivity index (χ0n) is 11.5. The predicted octanol–water partition coefficient (Wildman–Crippen LogP) is 3.70. The van der Waals surface area contributed by atoms with Crippen LogP contribution in [0, 0.1) is 0 Å². The largest absolute Gasteiger partial charge is 0.493 e. The van der Waals surface area contributed by atoms with Crippen molar-refractivity contribution in [3.05, 3.63) is 22.2 Å². The summed E-state index contributed by atoms with van der Waals surface area (Å²) in [6, 6.07) is 3.91. The second kappa shape index (κ2) is 7.00. The van der Waals surface area contributed by atoms with Crippen molar-refractivity contribution < 1.29 is 9.47 Å². The number of nitrogens with two attached hydrogens (primary N) is 1. The van der Waals surface area contributed by atoms with Gasteiger partial charge in [-0.05, 0) is 44.9 Å². The maximum atomic E-state index is 5.92. The van der Waals surface area contributed by atoms with Gasteiger partial charge in [-0.3, -0.25) is 0 Å². The number of hydrogen-bond acceptors (Lipinski definition) is 3. The summed E-state index contributed by atoms with van der Waals surface area (Å²) >= 11 is 3.59. The minimum Gasteiger partial charge on any atom is -0.493 e. The van der Waals surface area contributed by atoms with Gasteiger partial charge in [0.05, 0.1) is 13.2 Å². The molecule has 102 valence electrons. The van der Waals surface area contributed by atoms with Crippen LogP contribution < -0.4 is 15.2 Å². The van der Waals surface area contributed by atoms with Crippen LogP contribution >= 0.6 is 15.9 Å². The third-order valence-electron chi connectivity index (χ3n) is 2.77. The molecule has 3 nitrogen and oxygen atoms in total. The average Bonchev–Trinajstić information content (AvgIpc) is 2.29. The van der Waals surface area contributed by atoms with Crippen LogP contribution in [0.3, 0.4) is 0 Å². The summed E-state index contributed by atoms with van der Waals surface area (Å²) in [6.07, 6.45) is 1.03. The van der Waals surface area contributed by atoms with E-state index in [2.05, 4.69) is 22.9 Å². The van der Waals surface area contributed by atoms with Crippen LogP contribution in [0.4, 0.5) is 0 Å². The highest BCUT2D eigenvalue weighted by molar-refractivity contribution is 9.10. The second-order valence-electron chi connectivity index (χ2n) is 4.64. The minimum absolute atomic E-state index is 0.108. The molecule has 1 unspecified atom stereocenters. The first-order valence-corrected chi connectivity index (χ1v) is 7.03. The molecule has 1 aromatic carbocycles. The Morgan fingerprint density at radius 2 is 1.94 bits per heavy atom. The summed E-state index contributed by atoms with van der Waals surface area (Å²) in [5.74, 6) is 1.92. The average molecular weight is 316 g/mol. The monoisotopic (exact) mass is 315 g/mol. The molecule has 0 fully saturated rings. The van der Waals surface area contributed by atoms with Gasteiger partial charge in [-0.15, -0.1) is 0 Å². The van der Waals surface area contributed by atoms with E-state index in [1.54, 1.807) is 7.11 Å². The van der Waals surface area contributed by atoms with E-state index in [0.29, 0.717) is 12.5 Å². The molecule has 0 heterocycles. The van der Waals surface area contributed by atoms with Crippen molar-refractivity contribution in [1.82, 2.24) is 0 Å². The topological polar surface area (TPSA) is 44.5 Å². The molecule has 0 radical (unpaired) electrons. The Labute approximate surface area is 118 Å². The first-order chi connectivity index (χ1) is 8.51. The minimum atomic E-state index is 0.108. The van der Waals surface area contributed by atoms with Crippen molar-refractivity contribution in [1.29, 1.82) is 0 Å². The van der Waals surface area contributed by atoms with Crippen LogP contribution in [0.2, 0.25) is 0 Å². The van der Waals surface area contributed by atoms with E-state index in [-0.39, 0.29) is 6.10 Å². The van der Waals surface area contributed by atoms with Crippen LogP contribution in [-0.4, -0.2) is 19.8 Å². The summed E-state index contributed by atoms with van der Waals surface area (Å²) in [6.45, 7) is 6.83. The van der Waals surface area contributed by atoms with E-state index in [1.165, 1.54) is 0 Å². The zero-order valence-corrected chi connectivity index (χ0v) is 13.1. The smallest absolute Gasteiger partial charge is 0.166 e. The van der Waals surface area contributed by atoms with Gasteiger partial charge in [0, 0.05) is 10.0 Å². The fourth-order valence-electron chi connectivity index (χ4n) is 1.93. The number of hydrogen-bond donors (Lipinski definition) is 1. The molecule has 0 bridgehead atoms. The third kappa shape index (κ3) is 3.62. The van der Waals surface area contributed by atoms with Crippen molar-refractivity contribution in [2.75, 3.05) is 13.7 Å². The Morgan fingerprint density at radius 1 is 1.28 bits per heavy atom. The normalized spacial score (nSPS) is 12.6. The Hall–Kier alpha value is -0.740. The van der Waals surface area contributed by atoms with E-state index in [9.17, 15) is 0 Å². The molecular formula is C14H22BrNO2. The van der Waals surface area contributed by atoms with Gasteiger partial charge in [-0.2, -0.15) is 0 Å². The van der Waals surface area contributed by atoms with Crippen molar-refractivity contribution >= 4 is 15.9 Å². The van der Waals surface area contributed by atoms with E-state index in [1.807, 2.05) is 26.0 Å². The molecule has 2 N–H and O–H groups in total. The molecule has 0 aliphatic rings. The van der Waals surface area contributed by atoms with Crippen molar-refractivity contribution in [3.8, 4) is 11.5 Å². The number of halogens is 1. The number of benzene rings is 1. The van der Waals surface area contributed by atoms with Crippen molar-refractivity contribution in [3.63, 3.8) is 0 Å². The molecule has 0 saturated heterocycles. The standard InChI is InChI=1S/C14H22BrNO2/c1-9(2)18-14-12(17-4)6-5-11(15)13(14)10(3)7-8-16/h5-6,9-10H,7-8,16H2,1-4H3. The fraction of sp³-hybridized carbons (Fsp3) is 0.571. The Bertz CT molecular complexity index is 394. The zero-order chi connectivity index (χ0) is 13.7. The SMILES string of the molecule is COc1ccc(Br)c(C(C)CCN)c1OC(C)C. The van der Waals surface area contributed by atoms with Gasteiger partial charge >= 0.3 is 0 Å². The van der Waals surface area contributed by atoms with Gasteiger partial charge in [0.15, 0.2) is 11.5 Å². The van der Waals surface area contributed by atoms with Gasteiger partial charge in [-0.25, -0.2) is 0 Å². The number of ether oxygens (including phenoxy) is 2. The summed E-state index contributed by atoms with van der Waals surface area (Å²) < 4.78 is 12.4. The molecule has 0 amide bonds. The highest BCUT2D eigenvalue weighted by atomic mass is 79.9. The summed E-state index contributed by atoms with van der Waals surface area (Å²) in [7, 11) is 1.66. The quantitative estimate of drug-likeness (QED) is 0.870. The Balaban J connectivity index is 3.26. The molecule has 0 spiro atoms. The van der Waals surface area contributed by atoms with Crippen LogP contribution in [0.1, 0.15) is 38.7 Å². The highest BCUT2D eigenvalue weighted by Gasteiger charge is 2.20. The van der Waals surface area contributed by atoms with Crippen LogP contribution in [0.5, 0.6) is 11.5 Å². The lowest BCUT2D eigenvalue weighted by Crippen LogP contribution is -2.12. The van der Waals surface area contributed by atoms with Crippen molar-refractivity contribution in [2.24, 2.45) is 5.73 Å². The first-order valence-electron chi connectivity index (χ1n) is 6.24. The number of rotatable bonds is 6. The van der Waals surface area contributed by atoms with Gasteiger partial charge in [0.25, 0.3) is 0 Å². The Kier molecular flexibility index (Phi) is 5.96. The Morgan fingerprint density at radius 3 is 2.44 bits per heavy atom. The van der Waals surface area contributed by atoms with Gasteiger partial charge < -0.3 is 15.2 Å². The number of methoxy groups -OCH3 is 1. The third-order valence-corrected chi connectivity index (χ3v) is 3.46. The van der Waals surface area contributed by atoms with E-state index in [0.717, 1.165) is 28.0 Å². The van der Waals surface area contributed by atoms with Crippen LogP contribution in [-0.2, 0) is 0 Å². The second-order valence-corrected chi connectivity index (χ2v) is 5.49. The maximum absolute atomic E-state index is 5.92. The molecule has 4 heteroatoms. The highest BCUT2D eigenvalue weighted by Crippen LogP contribution is 2.42. The summed E-state index contributed by atoms with van der Waals surface area (Å²) in [4.78, 5) is 0. The van der Waals surface area contributed by atoms with Gasteiger partial charge in [-0.1, -0.05) is 22.9 Å². The van der Waals surface area contributed by atoms with Crippen molar-refractivity contribution in [2.45, 2.75) is 39.2 Å². The molecule has 18 heavy (non-hydrogen) atoms.